The highest BCUT2D eigenvalue weighted by atomic mass is 19.1. The lowest BCUT2D eigenvalue weighted by Gasteiger charge is -2.20. The molecule has 0 saturated heterocycles. The summed E-state index contributed by atoms with van der Waals surface area (Å²) in [4.78, 5) is 0. The number of rotatable bonds is 6. The van der Waals surface area contributed by atoms with Gasteiger partial charge in [-0.1, -0.05) is 18.6 Å². The second kappa shape index (κ2) is 6.64. The molecule has 1 aromatic rings. The Bertz CT molecular complexity index is 427. The third kappa shape index (κ3) is 3.64. The van der Waals surface area contributed by atoms with Crippen LogP contribution in [-0.2, 0) is 0 Å². The molecule has 1 N–H and O–H groups in total. The number of benzene rings is 1. The van der Waals surface area contributed by atoms with Crippen LogP contribution in [0, 0.1) is 18.6 Å². The Morgan fingerprint density at radius 1 is 1.39 bits per heavy atom. The van der Waals surface area contributed by atoms with Crippen molar-refractivity contribution in [2.75, 3.05) is 6.54 Å². The Balaban J connectivity index is 3.04. The summed E-state index contributed by atoms with van der Waals surface area (Å²) in [6.07, 6.45) is 1.41. The molecule has 0 amide bonds. The molecule has 0 radical (unpaired) electrons. The van der Waals surface area contributed by atoms with E-state index in [2.05, 4.69) is 11.9 Å². The minimum absolute atomic E-state index is 0.151. The van der Waals surface area contributed by atoms with Crippen LogP contribution >= 0.6 is 0 Å². The number of aryl methyl sites for hydroxylation is 1. The molecule has 1 nitrogen and oxygen atoms in total. The summed E-state index contributed by atoms with van der Waals surface area (Å²) in [7, 11) is 0. The van der Waals surface area contributed by atoms with Crippen molar-refractivity contribution in [2.45, 2.75) is 39.7 Å². The molecule has 0 aliphatic rings. The van der Waals surface area contributed by atoms with Gasteiger partial charge in [0.1, 0.15) is 11.6 Å². The van der Waals surface area contributed by atoms with Crippen molar-refractivity contribution in [3.8, 4) is 0 Å². The molecular formula is C15H21F2N. The molecule has 100 valence electrons. The van der Waals surface area contributed by atoms with E-state index in [1.165, 1.54) is 12.1 Å². The van der Waals surface area contributed by atoms with Crippen molar-refractivity contribution in [3.63, 3.8) is 0 Å². The van der Waals surface area contributed by atoms with Crippen LogP contribution in [0.2, 0.25) is 0 Å². The van der Waals surface area contributed by atoms with Gasteiger partial charge in [-0.2, -0.15) is 0 Å². The number of halogens is 2. The third-order valence-electron chi connectivity index (χ3n) is 2.98. The van der Waals surface area contributed by atoms with Crippen LogP contribution in [0.15, 0.2) is 24.3 Å². The maximum absolute atomic E-state index is 14.1. The molecule has 3 heteroatoms. The first-order valence-electron chi connectivity index (χ1n) is 6.29. The molecule has 18 heavy (non-hydrogen) atoms. The standard InChI is InChI=1S/C15H21F2N/c1-5-18-13(9-6-10(2)3)14-12(16)8-7-11(4)15(14)17/h7-8,13,18H,2,5-6,9H2,1,3-4H3. The van der Waals surface area contributed by atoms with E-state index in [0.717, 1.165) is 12.0 Å². The van der Waals surface area contributed by atoms with Gasteiger partial charge in [0.25, 0.3) is 0 Å². The van der Waals surface area contributed by atoms with Crippen LogP contribution in [0.5, 0.6) is 0 Å². The lowest BCUT2D eigenvalue weighted by Crippen LogP contribution is -2.23. The van der Waals surface area contributed by atoms with Gasteiger partial charge < -0.3 is 5.32 Å². The van der Waals surface area contributed by atoms with Gasteiger partial charge in [-0.05, 0) is 44.9 Å². The highest BCUT2D eigenvalue weighted by Crippen LogP contribution is 2.27. The summed E-state index contributed by atoms with van der Waals surface area (Å²) in [5, 5.41) is 3.14. The maximum atomic E-state index is 14.1. The van der Waals surface area contributed by atoms with Gasteiger partial charge in [0, 0.05) is 11.6 Å². The number of allylic oxidation sites excluding steroid dienone is 1. The summed E-state index contributed by atoms with van der Waals surface area (Å²) in [5.41, 5.74) is 1.65. The molecule has 1 unspecified atom stereocenters. The molecule has 0 fully saturated rings. The first kappa shape index (κ1) is 14.8. The Morgan fingerprint density at radius 3 is 2.61 bits per heavy atom. The zero-order valence-corrected chi connectivity index (χ0v) is 11.3. The van der Waals surface area contributed by atoms with E-state index in [0.29, 0.717) is 18.5 Å². The minimum Gasteiger partial charge on any atom is -0.310 e. The molecule has 0 bridgehead atoms. The molecule has 0 saturated carbocycles. The summed E-state index contributed by atoms with van der Waals surface area (Å²) < 4.78 is 27.9. The maximum Gasteiger partial charge on any atom is 0.133 e. The van der Waals surface area contributed by atoms with Crippen molar-refractivity contribution in [2.24, 2.45) is 0 Å². The van der Waals surface area contributed by atoms with Gasteiger partial charge >= 0.3 is 0 Å². The fraction of sp³-hybridized carbons (Fsp3) is 0.467. The number of nitrogens with one attached hydrogen (secondary N) is 1. The fourth-order valence-corrected chi connectivity index (χ4v) is 1.98. The summed E-state index contributed by atoms with van der Waals surface area (Å²) in [6, 6.07) is 2.50. The first-order valence-corrected chi connectivity index (χ1v) is 6.29. The zero-order valence-electron chi connectivity index (χ0n) is 11.3. The number of hydrogen-bond donors (Lipinski definition) is 1. The second-order valence-corrected chi connectivity index (χ2v) is 4.70. The van der Waals surface area contributed by atoms with Crippen molar-refractivity contribution in [1.29, 1.82) is 0 Å². The SMILES string of the molecule is C=C(C)CCC(NCC)c1c(F)ccc(C)c1F. The van der Waals surface area contributed by atoms with Crippen molar-refractivity contribution in [1.82, 2.24) is 5.32 Å². The molecule has 0 spiro atoms. The normalized spacial score (nSPS) is 12.5. The van der Waals surface area contributed by atoms with Gasteiger partial charge in [0.2, 0.25) is 0 Å². The van der Waals surface area contributed by atoms with Crippen molar-refractivity contribution < 1.29 is 8.78 Å². The average Bonchev–Trinajstić information content (AvgIpc) is 2.31. The lowest BCUT2D eigenvalue weighted by molar-refractivity contribution is 0.452. The van der Waals surface area contributed by atoms with Crippen LogP contribution in [-0.4, -0.2) is 6.54 Å². The van der Waals surface area contributed by atoms with E-state index in [4.69, 9.17) is 0 Å². The predicted molar refractivity (Wildman–Crippen MR) is 71.6 cm³/mol. The smallest absolute Gasteiger partial charge is 0.133 e. The lowest BCUT2D eigenvalue weighted by atomic mass is 9.97. The Hall–Kier alpha value is -1.22. The number of hydrogen-bond acceptors (Lipinski definition) is 1. The van der Waals surface area contributed by atoms with E-state index in [-0.39, 0.29) is 11.6 Å². The van der Waals surface area contributed by atoms with E-state index in [1.807, 2.05) is 13.8 Å². The van der Waals surface area contributed by atoms with Crippen LogP contribution in [0.4, 0.5) is 8.78 Å². The molecule has 0 aliphatic heterocycles. The molecule has 1 rings (SSSR count). The molecule has 0 heterocycles. The predicted octanol–water partition coefficient (Wildman–Crippen LogP) is 4.28. The quantitative estimate of drug-likeness (QED) is 0.746. The average molecular weight is 253 g/mol. The van der Waals surface area contributed by atoms with Gasteiger partial charge in [-0.3, -0.25) is 0 Å². The van der Waals surface area contributed by atoms with E-state index >= 15 is 0 Å². The Morgan fingerprint density at radius 2 is 2.06 bits per heavy atom. The van der Waals surface area contributed by atoms with Crippen LogP contribution in [0.25, 0.3) is 0 Å². The Labute approximate surface area is 108 Å². The van der Waals surface area contributed by atoms with Gasteiger partial charge in [0.15, 0.2) is 0 Å². The van der Waals surface area contributed by atoms with Crippen molar-refractivity contribution >= 4 is 0 Å². The molecule has 1 aromatic carbocycles. The van der Waals surface area contributed by atoms with E-state index in [1.54, 1.807) is 6.92 Å². The van der Waals surface area contributed by atoms with Crippen LogP contribution < -0.4 is 5.32 Å². The van der Waals surface area contributed by atoms with Gasteiger partial charge in [-0.15, -0.1) is 6.58 Å². The highest BCUT2D eigenvalue weighted by molar-refractivity contribution is 5.29. The van der Waals surface area contributed by atoms with Crippen LogP contribution in [0.1, 0.15) is 43.9 Å². The fourth-order valence-electron chi connectivity index (χ4n) is 1.98. The van der Waals surface area contributed by atoms with E-state index < -0.39 is 11.6 Å². The zero-order chi connectivity index (χ0) is 13.7. The largest absolute Gasteiger partial charge is 0.310 e. The molecule has 0 aromatic heterocycles. The molecular weight excluding hydrogens is 232 g/mol. The molecule has 1 atom stereocenters. The Kier molecular flexibility index (Phi) is 5.48. The third-order valence-corrected chi connectivity index (χ3v) is 2.98. The topological polar surface area (TPSA) is 12.0 Å². The second-order valence-electron chi connectivity index (χ2n) is 4.70. The highest BCUT2D eigenvalue weighted by Gasteiger charge is 2.20. The van der Waals surface area contributed by atoms with Crippen molar-refractivity contribution in [3.05, 3.63) is 47.0 Å². The van der Waals surface area contributed by atoms with Gasteiger partial charge in [0.05, 0.1) is 0 Å². The minimum atomic E-state index is -0.481. The van der Waals surface area contributed by atoms with E-state index in [9.17, 15) is 8.78 Å². The first-order chi connectivity index (χ1) is 8.47. The summed E-state index contributed by atoms with van der Waals surface area (Å²) in [5.74, 6) is -0.923. The monoisotopic (exact) mass is 253 g/mol. The van der Waals surface area contributed by atoms with Gasteiger partial charge in [-0.25, -0.2) is 8.78 Å². The molecule has 0 aliphatic carbocycles. The summed E-state index contributed by atoms with van der Waals surface area (Å²) >= 11 is 0. The van der Waals surface area contributed by atoms with Crippen LogP contribution in [0.3, 0.4) is 0 Å². The summed E-state index contributed by atoms with van der Waals surface area (Å²) in [6.45, 7) is 10.0.